The second-order valence-electron chi connectivity index (χ2n) is 4.35. The van der Waals surface area contributed by atoms with Crippen molar-refractivity contribution in [1.82, 2.24) is 10.2 Å². The molecule has 2 bridgehead atoms. The number of hydrogen-bond donors (Lipinski definition) is 1. The maximum absolute atomic E-state index is 12.1. The molecule has 80 valence electrons. The van der Waals surface area contributed by atoms with Gasteiger partial charge in [-0.25, -0.2) is 0 Å². The monoisotopic (exact) mass is 206 g/mol. The van der Waals surface area contributed by atoms with Crippen LogP contribution in [0.3, 0.4) is 0 Å². The molecule has 15 heavy (non-hydrogen) atoms. The van der Waals surface area contributed by atoms with Gasteiger partial charge in [-0.3, -0.25) is 4.79 Å². The van der Waals surface area contributed by atoms with Crippen molar-refractivity contribution in [2.75, 3.05) is 19.6 Å². The van der Waals surface area contributed by atoms with Crippen LogP contribution < -0.4 is 5.32 Å². The van der Waals surface area contributed by atoms with E-state index in [9.17, 15) is 4.79 Å². The van der Waals surface area contributed by atoms with E-state index in [0.717, 1.165) is 26.1 Å². The Bertz CT molecular complexity index is 361. The van der Waals surface area contributed by atoms with Gasteiger partial charge in [-0.1, -0.05) is 0 Å². The molecule has 1 aromatic rings. The molecule has 3 heterocycles. The zero-order valence-electron chi connectivity index (χ0n) is 8.48. The SMILES string of the molecule is O=C(c1ccco1)N1CC2CNCC1C2. The van der Waals surface area contributed by atoms with Gasteiger partial charge < -0.3 is 14.6 Å². The Kier molecular flexibility index (Phi) is 2.02. The number of carbonyl (C=O) groups is 1. The lowest BCUT2D eigenvalue weighted by atomic mass is 10.0. The van der Waals surface area contributed by atoms with E-state index in [4.69, 9.17) is 4.42 Å². The largest absolute Gasteiger partial charge is 0.459 e. The number of amides is 1. The molecule has 2 saturated heterocycles. The van der Waals surface area contributed by atoms with Crippen LogP contribution >= 0.6 is 0 Å². The van der Waals surface area contributed by atoms with Gasteiger partial charge in [0.05, 0.1) is 6.26 Å². The number of nitrogens with one attached hydrogen (secondary N) is 1. The molecule has 1 N–H and O–H groups in total. The minimum absolute atomic E-state index is 0.0381. The van der Waals surface area contributed by atoms with Gasteiger partial charge in [-0.05, 0) is 31.0 Å². The Balaban J connectivity index is 1.80. The van der Waals surface area contributed by atoms with Crippen molar-refractivity contribution in [3.63, 3.8) is 0 Å². The average molecular weight is 206 g/mol. The number of carbonyl (C=O) groups excluding carboxylic acids is 1. The Labute approximate surface area is 88.2 Å². The van der Waals surface area contributed by atoms with Crippen LogP contribution in [-0.4, -0.2) is 36.5 Å². The van der Waals surface area contributed by atoms with Gasteiger partial charge in [0.2, 0.25) is 0 Å². The van der Waals surface area contributed by atoms with Crippen molar-refractivity contribution in [3.8, 4) is 0 Å². The zero-order chi connectivity index (χ0) is 10.3. The molecule has 1 aromatic heterocycles. The first-order valence-electron chi connectivity index (χ1n) is 5.40. The predicted molar refractivity (Wildman–Crippen MR) is 54.5 cm³/mol. The van der Waals surface area contributed by atoms with E-state index in [1.165, 1.54) is 0 Å². The number of furan rings is 1. The Morgan fingerprint density at radius 2 is 2.47 bits per heavy atom. The number of nitrogens with zero attached hydrogens (tertiary/aromatic N) is 1. The van der Waals surface area contributed by atoms with E-state index < -0.39 is 0 Å². The number of hydrogen-bond acceptors (Lipinski definition) is 3. The summed E-state index contributed by atoms with van der Waals surface area (Å²) in [5, 5.41) is 3.35. The molecule has 2 atom stereocenters. The number of rotatable bonds is 1. The molecule has 0 saturated carbocycles. The molecule has 0 aliphatic carbocycles. The van der Waals surface area contributed by atoms with E-state index in [1.807, 2.05) is 4.90 Å². The third-order valence-electron chi connectivity index (χ3n) is 3.31. The number of fused-ring (bicyclic) bond motifs is 2. The summed E-state index contributed by atoms with van der Waals surface area (Å²) in [7, 11) is 0. The summed E-state index contributed by atoms with van der Waals surface area (Å²) >= 11 is 0. The summed E-state index contributed by atoms with van der Waals surface area (Å²) in [6.45, 7) is 2.83. The first-order chi connectivity index (χ1) is 7.34. The van der Waals surface area contributed by atoms with Crippen LogP contribution in [0.2, 0.25) is 0 Å². The summed E-state index contributed by atoms with van der Waals surface area (Å²) in [6.07, 6.45) is 2.69. The van der Waals surface area contributed by atoms with Gasteiger partial charge in [-0.2, -0.15) is 0 Å². The topological polar surface area (TPSA) is 45.5 Å². The van der Waals surface area contributed by atoms with Crippen LogP contribution in [0, 0.1) is 5.92 Å². The summed E-state index contributed by atoms with van der Waals surface area (Å²) in [5.41, 5.74) is 0. The third kappa shape index (κ3) is 1.45. The van der Waals surface area contributed by atoms with Crippen LogP contribution in [0.1, 0.15) is 17.0 Å². The quantitative estimate of drug-likeness (QED) is 0.736. The number of piperidine rings is 1. The van der Waals surface area contributed by atoms with E-state index >= 15 is 0 Å². The Morgan fingerprint density at radius 3 is 3.20 bits per heavy atom. The fourth-order valence-electron chi connectivity index (χ4n) is 2.60. The van der Waals surface area contributed by atoms with Gasteiger partial charge in [0.25, 0.3) is 5.91 Å². The van der Waals surface area contributed by atoms with Crippen molar-refractivity contribution in [1.29, 1.82) is 0 Å². The van der Waals surface area contributed by atoms with Crippen molar-refractivity contribution in [3.05, 3.63) is 24.2 Å². The molecular formula is C11H14N2O2. The standard InChI is InChI=1S/C11H14N2O2/c14-11(10-2-1-3-15-10)13-7-8-4-9(13)6-12-5-8/h1-3,8-9,12H,4-7H2. The smallest absolute Gasteiger partial charge is 0.289 e. The van der Waals surface area contributed by atoms with Crippen molar-refractivity contribution in [2.45, 2.75) is 12.5 Å². The van der Waals surface area contributed by atoms with Crippen molar-refractivity contribution < 1.29 is 9.21 Å². The normalized spacial score (nSPS) is 29.5. The molecular weight excluding hydrogens is 192 g/mol. The molecule has 2 fully saturated rings. The van der Waals surface area contributed by atoms with Crippen LogP contribution in [0.4, 0.5) is 0 Å². The average Bonchev–Trinajstić information content (AvgIpc) is 2.86. The molecule has 2 aliphatic heterocycles. The summed E-state index contributed by atoms with van der Waals surface area (Å²) in [6, 6.07) is 3.85. The molecule has 0 aromatic carbocycles. The van der Waals surface area contributed by atoms with Crippen molar-refractivity contribution >= 4 is 5.91 Å². The van der Waals surface area contributed by atoms with E-state index in [1.54, 1.807) is 18.4 Å². The highest BCUT2D eigenvalue weighted by molar-refractivity contribution is 5.91. The fourth-order valence-corrected chi connectivity index (χ4v) is 2.60. The van der Waals surface area contributed by atoms with Gasteiger partial charge in [0.15, 0.2) is 5.76 Å². The van der Waals surface area contributed by atoms with Gasteiger partial charge in [0, 0.05) is 19.1 Å². The molecule has 2 unspecified atom stereocenters. The highest BCUT2D eigenvalue weighted by atomic mass is 16.3. The van der Waals surface area contributed by atoms with Crippen LogP contribution in [0.15, 0.2) is 22.8 Å². The second kappa shape index (κ2) is 3.38. The van der Waals surface area contributed by atoms with Crippen molar-refractivity contribution in [2.24, 2.45) is 5.92 Å². The van der Waals surface area contributed by atoms with Crippen LogP contribution in [0.25, 0.3) is 0 Å². The van der Waals surface area contributed by atoms with E-state index in [0.29, 0.717) is 17.7 Å². The van der Waals surface area contributed by atoms with Gasteiger partial charge >= 0.3 is 0 Å². The van der Waals surface area contributed by atoms with E-state index in [2.05, 4.69) is 5.32 Å². The third-order valence-corrected chi connectivity index (χ3v) is 3.31. The number of likely N-dealkylation sites (tertiary alicyclic amines) is 1. The summed E-state index contributed by atoms with van der Waals surface area (Å²) in [4.78, 5) is 14.0. The predicted octanol–water partition coefficient (Wildman–Crippen LogP) is 0.714. The molecule has 4 heteroatoms. The summed E-state index contributed by atoms with van der Waals surface area (Å²) < 4.78 is 5.14. The Morgan fingerprint density at radius 1 is 1.53 bits per heavy atom. The molecule has 1 amide bonds. The highest BCUT2D eigenvalue weighted by Gasteiger charge is 2.38. The lowest BCUT2D eigenvalue weighted by Crippen LogP contribution is -2.41. The minimum Gasteiger partial charge on any atom is -0.459 e. The van der Waals surface area contributed by atoms with E-state index in [-0.39, 0.29) is 5.91 Å². The highest BCUT2D eigenvalue weighted by Crippen LogP contribution is 2.27. The molecule has 2 aliphatic rings. The maximum atomic E-state index is 12.1. The first kappa shape index (κ1) is 8.97. The first-order valence-corrected chi connectivity index (χ1v) is 5.40. The van der Waals surface area contributed by atoms with Crippen LogP contribution in [0.5, 0.6) is 0 Å². The fraction of sp³-hybridized carbons (Fsp3) is 0.545. The molecule has 0 radical (unpaired) electrons. The van der Waals surface area contributed by atoms with Gasteiger partial charge in [0.1, 0.15) is 0 Å². The second-order valence-corrected chi connectivity index (χ2v) is 4.35. The lowest BCUT2D eigenvalue weighted by Gasteiger charge is -2.24. The maximum Gasteiger partial charge on any atom is 0.289 e. The summed E-state index contributed by atoms with van der Waals surface area (Å²) in [5.74, 6) is 1.13. The van der Waals surface area contributed by atoms with Gasteiger partial charge in [-0.15, -0.1) is 0 Å². The molecule has 4 nitrogen and oxygen atoms in total. The lowest BCUT2D eigenvalue weighted by molar-refractivity contribution is 0.0708. The Hall–Kier alpha value is -1.29. The minimum atomic E-state index is 0.0381. The zero-order valence-corrected chi connectivity index (χ0v) is 8.48. The molecule has 3 rings (SSSR count). The molecule has 0 spiro atoms. The van der Waals surface area contributed by atoms with Crippen LogP contribution in [-0.2, 0) is 0 Å².